The molecule has 140 valence electrons. The third-order valence-electron chi connectivity index (χ3n) is 4.46. The molecule has 1 unspecified atom stereocenters. The standard InChI is InChI=1S/C22H23ClN2O2/c1-2-18(26)7-3-16-14-25-12-11-22(16)27-19-8-4-15(5-9-19)20-10-6-17(24)13-21(20)23/h4-6,8-14,18,26H,2-3,7,24H2,1H3. The first-order valence-electron chi connectivity index (χ1n) is 9.01. The predicted molar refractivity (Wildman–Crippen MR) is 110 cm³/mol. The number of nitrogens with zero attached hydrogens (tertiary/aromatic N) is 1. The molecule has 0 saturated carbocycles. The molecule has 0 aliphatic rings. The summed E-state index contributed by atoms with van der Waals surface area (Å²) in [5.41, 5.74) is 9.30. The molecule has 2 aromatic carbocycles. The number of ether oxygens (including phenoxy) is 1. The Kier molecular flexibility index (Phi) is 6.32. The average Bonchev–Trinajstić information content (AvgIpc) is 2.68. The predicted octanol–water partition coefficient (Wildman–Crippen LogP) is 5.48. The van der Waals surface area contributed by atoms with Gasteiger partial charge in [0.05, 0.1) is 11.1 Å². The van der Waals surface area contributed by atoms with Gasteiger partial charge in [0.25, 0.3) is 0 Å². The highest BCUT2D eigenvalue weighted by Gasteiger charge is 2.09. The number of hydrogen-bond donors (Lipinski definition) is 2. The van der Waals surface area contributed by atoms with Crippen molar-refractivity contribution in [2.24, 2.45) is 0 Å². The minimum Gasteiger partial charge on any atom is -0.457 e. The lowest BCUT2D eigenvalue weighted by molar-refractivity contribution is 0.160. The van der Waals surface area contributed by atoms with Crippen molar-refractivity contribution >= 4 is 17.3 Å². The molecule has 1 heterocycles. The lowest BCUT2D eigenvalue weighted by atomic mass is 10.0. The number of rotatable bonds is 7. The van der Waals surface area contributed by atoms with Gasteiger partial charge in [0, 0.05) is 29.2 Å². The van der Waals surface area contributed by atoms with E-state index in [0.29, 0.717) is 17.1 Å². The summed E-state index contributed by atoms with van der Waals surface area (Å²) in [7, 11) is 0. The zero-order chi connectivity index (χ0) is 19.2. The number of halogens is 1. The topological polar surface area (TPSA) is 68.4 Å². The quantitative estimate of drug-likeness (QED) is 0.531. The van der Waals surface area contributed by atoms with Crippen LogP contribution in [0.25, 0.3) is 11.1 Å². The first kappa shape index (κ1) is 19.2. The maximum Gasteiger partial charge on any atom is 0.133 e. The summed E-state index contributed by atoms with van der Waals surface area (Å²) in [6, 6.07) is 15.1. The molecule has 1 atom stereocenters. The van der Waals surface area contributed by atoms with Crippen LogP contribution in [0.1, 0.15) is 25.3 Å². The van der Waals surface area contributed by atoms with Crippen molar-refractivity contribution in [1.29, 1.82) is 0 Å². The van der Waals surface area contributed by atoms with E-state index in [4.69, 9.17) is 22.1 Å². The molecule has 5 heteroatoms. The van der Waals surface area contributed by atoms with Gasteiger partial charge in [-0.3, -0.25) is 4.98 Å². The molecule has 3 N–H and O–H groups in total. The van der Waals surface area contributed by atoms with E-state index in [0.717, 1.165) is 41.0 Å². The maximum absolute atomic E-state index is 9.80. The lowest BCUT2D eigenvalue weighted by Gasteiger charge is -2.13. The molecule has 3 aromatic rings. The van der Waals surface area contributed by atoms with Crippen LogP contribution in [0.3, 0.4) is 0 Å². The Balaban J connectivity index is 1.75. The van der Waals surface area contributed by atoms with Crippen molar-refractivity contribution in [1.82, 2.24) is 4.98 Å². The minimum atomic E-state index is -0.304. The average molecular weight is 383 g/mol. The number of aryl methyl sites for hydroxylation is 1. The number of aliphatic hydroxyl groups excluding tert-OH is 1. The molecule has 0 spiro atoms. The van der Waals surface area contributed by atoms with Crippen molar-refractivity contribution in [3.05, 3.63) is 71.5 Å². The molecule has 0 fully saturated rings. The van der Waals surface area contributed by atoms with Gasteiger partial charge in [0.1, 0.15) is 11.5 Å². The van der Waals surface area contributed by atoms with E-state index in [-0.39, 0.29) is 6.10 Å². The van der Waals surface area contributed by atoms with Gasteiger partial charge in [-0.25, -0.2) is 0 Å². The Morgan fingerprint density at radius 1 is 1.15 bits per heavy atom. The van der Waals surface area contributed by atoms with Crippen LogP contribution in [-0.2, 0) is 6.42 Å². The van der Waals surface area contributed by atoms with Crippen molar-refractivity contribution in [3.8, 4) is 22.6 Å². The summed E-state index contributed by atoms with van der Waals surface area (Å²) >= 11 is 6.29. The smallest absolute Gasteiger partial charge is 0.133 e. The number of aliphatic hydroxyl groups is 1. The Morgan fingerprint density at radius 2 is 1.93 bits per heavy atom. The number of anilines is 1. The van der Waals surface area contributed by atoms with E-state index in [1.165, 1.54) is 0 Å². The molecule has 27 heavy (non-hydrogen) atoms. The third kappa shape index (κ3) is 5.00. The van der Waals surface area contributed by atoms with Crippen molar-refractivity contribution in [2.75, 3.05) is 5.73 Å². The van der Waals surface area contributed by atoms with Crippen LogP contribution in [0.2, 0.25) is 5.02 Å². The molecular weight excluding hydrogens is 360 g/mol. The highest BCUT2D eigenvalue weighted by atomic mass is 35.5. The number of nitrogen functional groups attached to an aromatic ring is 1. The van der Waals surface area contributed by atoms with E-state index in [1.54, 1.807) is 18.5 Å². The Morgan fingerprint density at radius 3 is 2.63 bits per heavy atom. The van der Waals surface area contributed by atoms with Gasteiger partial charge in [-0.1, -0.05) is 36.7 Å². The minimum absolute atomic E-state index is 0.304. The van der Waals surface area contributed by atoms with Gasteiger partial charge in [-0.05, 0) is 55.2 Å². The molecule has 0 amide bonds. The number of aromatic nitrogens is 1. The Hall–Kier alpha value is -2.56. The fourth-order valence-corrected chi connectivity index (χ4v) is 3.12. The van der Waals surface area contributed by atoms with Gasteiger partial charge >= 0.3 is 0 Å². The lowest BCUT2D eigenvalue weighted by Crippen LogP contribution is -2.06. The van der Waals surface area contributed by atoms with Gasteiger partial charge < -0.3 is 15.6 Å². The fraction of sp³-hybridized carbons (Fsp3) is 0.227. The zero-order valence-corrected chi connectivity index (χ0v) is 16.0. The molecule has 4 nitrogen and oxygen atoms in total. The van der Waals surface area contributed by atoms with Crippen LogP contribution in [0.15, 0.2) is 60.9 Å². The molecule has 0 bridgehead atoms. The maximum atomic E-state index is 9.80. The zero-order valence-electron chi connectivity index (χ0n) is 15.2. The molecule has 0 radical (unpaired) electrons. The Bertz CT molecular complexity index is 897. The molecule has 0 aliphatic heterocycles. The third-order valence-corrected chi connectivity index (χ3v) is 4.78. The summed E-state index contributed by atoms with van der Waals surface area (Å²) in [6.45, 7) is 1.97. The number of benzene rings is 2. The second-order valence-electron chi connectivity index (χ2n) is 6.45. The van der Waals surface area contributed by atoms with Gasteiger partial charge in [0.15, 0.2) is 0 Å². The van der Waals surface area contributed by atoms with Crippen LogP contribution >= 0.6 is 11.6 Å². The van der Waals surface area contributed by atoms with Crippen molar-refractivity contribution < 1.29 is 9.84 Å². The first-order valence-corrected chi connectivity index (χ1v) is 9.39. The summed E-state index contributed by atoms with van der Waals surface area (Å²) < 4.78 is 6.04. The Labute approximate surface area is 164 Å². The van der Waals surface area contributed by atoms with Crippen LogP contribution in [0, 0.1) is 0 Å². The second-order valence-corrected chi connectivity index (χ2v) is 6.86. The van der Waals surface area contributed by atoms with Crippen LogP contribution < -0.4 is 10.5 Å². The van der Waals surface area contributed by atoms with Gasteiger partial charge in [-0.15, -0.1) is 0 Å². The monoisotopic (exact) mass is 382 g/mol. The number of nitrogens with two attached hydrogens (primary N) is 1. The molecular formula is C22H23ClN2O2. The van der Waals surface area contributed by atoms with Crippen LogP contribution in [-0.4, -0.2) is 16.2 Å². The molecule has 0 saturated heterocycles. The molecule has 3 rings (SSSR count). The van der Waals surface area contributed by atoms with E-state index in [2.05, 4.69) is 4.98 Å². The molecule has 1 aromatic heterocycles. The van der Waals surface area contributed by atoms with E-state index < -0.39 is 0 Å². The number of hydrogen-bond acceptors (Lipinski definition) is 4. The summed E-state index contributed by atoms with van der Waals surface area (Å²) in [5, 5.41) is 10.4. The van der Waals surface area contributed by atoms with Crippen molar-refractivity contribution in [2.45, 2.75) is 32.3 Å². The summed E-state index contributed by atoms with van der Waals surface area (Å²) in [5.74, 6) is 1.49. The summed E-state index contributed by atoms with van der Waals surface area (Å²) in [6.07, 6.45) is 5.34. The van der Waals surface area contributed by atoms with E-state index in [1.807, 2.05) is 49.4 Å². The summed E-state index contributed by atoms with van der Waals surface area (Å²) in [4.78, 5) is 4.17. The molecule has 0 aliphatic carbocycles. The van der Waals surface area contributed by atoms with Gasteiger partial charge in [0.2, 0.25) is 0 Å². The second kappa shape index (κ2) is 8.89. The van der Waals surface area contributed by atoms with Crippen molar-refractivity contribution in [3.63, 3.8) is 0 Å². The normalized spacial score (nSPS) is 12.0. The van der Waals surface area contributed by atoms with E-state index >= 15 is 0 Å². The highest BCUT2D eigenvalue weighted by molar-refractivity contribution is 6.33. The van der Waals surface area contributed by atoms with Crippen LogP contribution in [0.4, 0.5) is 5.69 Å². The SMILES string of the molecule is CCC(O)CCc1cnccc1Oc1ccc(-c2ccc(N)cc2Cl)cc1. The highest BCUT2D eigenvalue weighted by Crippen LogP contribution is 2.32. The number of pyridine rings is 1. The first-order chi connectivity index (χ1) is 13.1. The largest absolute Gasteiger partial charge is 0.457 e. The van der Waals surface area contributed by atoms with E-state index in [9.17, 15) is 5.11 Å². The fourth-order valence-electron chi connectivity index (χ4n) is 2.82. The van der Waals surface area contributed by atoms with Crippen LogP contribution in [0.5, 0.6) is 11.5 Å². The van der Waals surface area contributed by atoms with Gasteiger partial charge in [-0.2, -0.15) is 0 Å².